The van der Waals surface area contributed by atoms with Gasteiger partial charge in [-0.05, 0) is 0 Å². The highest BCUT2D eigenvalue weighted by Crippen LogP contribution is 2.27. The lowest BCUT2D eigenvalue weighted by Crippen LogP contribution is -2.09. The number of anilines is 1. The van der Waals surface area contributed by atoms with E-state index in [-0.39, 0.29) is 29.1 Å². The van der Waals surface area contributed by atoms with Crippen molar-refractivity contribution in [2.75, 3.05) is 5.73 Å². The molecule has 4 N–H and O–H groups in total. The Hall–Kier alpha value is -1.74. The smallest absolute Gasteiger partial charge is 0.265 e. The summed E-state index contributed by atoms with van der Waals surface area (Å²) < 4.78 is 24.8. The van der Waals surface area contributed by atoms with Gasteiger partial charge in [-0.15, -0.1) is 0 Å². The number of pyridine rings is 1. The molecular formula is C8H8F2N4. The topological polar surface area (TPSA) is 88.7 Å². The summed E-state index contributed by atoms with van der Waals surface area (Å²) in [6, 6.07) is 1.70. The predicted molar refractivity (Wildman–Crippen MR) is 46.2 cm³/mol. The maximum absolute atomic E-state index is 12.4. The Bertz CT molecular complexity index is 384. The Kier molecular flexibility index (Phi) is 2.94. The second-order valence-electron chi connectivity index (χ2n) is 2.57. The number of alkyl halides is 2. The Balaban J connectivity index is 3.38. The minimum absolute atomic E-state index is 0.0622. The van der Waals surface area contributed by atoms with Crippen molar-refractivity contribution in [3.8, 4) is 6.07 Å². The number of nitriles is 1. The number of rotatable bonds is 2. The first-order chi connectivity index (χ1) is 6.61. The first-order valence-electron chi connectivity index (χ1n) is 3.77. The maximum atomic E-state index is 12.4. The van der Waals surface area contributed by atoms with Crippen molar-refractivity contribution >= 4 is 5.69 Å². The highest BCUT2D eigenvalue weighted by Gasteiger charge is 2.17. The molecule has 0 aliphatic carbocycles. The number of hydrogen-bond donors (Lipinski definition) is 2. The Morgan fingerprint density at radius 2 is 2.21 bits per heavy atom. The Morgan fingerprint density at radius 1 is 1.57 bits per heavy atom. The monoisotopic (exact) mass is 198 g/mol. The molecule has 4 nitrogen and oxygen atoms in total. The Labute approximate surface area is 79.1 Å². The normalized spacial score (nSPS) is 10.2. The van der Waals surface area contributed by atoms with Gasteiger partial charge in [-0.25, -0.2) is 13.8 Å². The van der Waals surface area contributed by atoms with Gasteiger partial charge >= 0.3 is 0 Å². The standard InChI is InChI=1S/C8H8F2N4/c9-8(10)5-3-14-6(2-12)7(13)4(5)1-11/h3,8H,1,11,13H2. The molecule has 0 saturated heterocycles. The van der Waals surface area contributed by atoms with Crippen molar-refractivity contribution in [1.29, 1.82) is 5.26 Å². The lowest BCUT2D eigenvalue weighted by atomic mass is 10.1. The van der Waals surface area contributed by atoms with Crippen LogP contribution in [0, 0.1) is 11.3 Å². The zero-order valence-electron chi connectivity index (χ0n) is 7.17. The van der Waals surface area contributed by atoms with Crippen LogP contribution in [-0.4, -0.2) is 4.98 Å². The van der Waals surface area contributed by atoms with Crippen LogP contribution in [0.1, 0.15) is 23.2 Å². The van der Waals surface area contributed by atoms with Crippen LogP contribution in [0.4, 0.5) is 14.5 Å². The summed E-state index contributed by atoms with van der Waals surface area (Å²) in [5.41, 5.74) is 10.3. The average Bonchev–Trinajstić information content (AvgIpc) is 2.17. The average molecular weight is 198 g/mol. The van der Waals surface area contributed by atoms with Gasteiger partial charge in [0.1, 0.15) is 6.07 Å². The van der Waals surface area contributed by atoms with E-state index in [2.05, 4.69) is 4.98 Å². The lowest BCUT2D eigenvalue weighted by Gasteiger charge is -2.09. The minimum atomic E-state index is -2.68. The molecule has 0 aliphatic rings. The molecule has 0 unspecified atom stereocenters. The van der Waals surface area contributed by atoms with Gasteiger partial charge in [0.25, 0.3) is 6.43 Å². The van der Waals surface area contributed by atoms with Crippen LogP contribution in [-0.2, 0) is 6.54 Å². The molecule has 0 amide bonds. The molecule has 14 heavy (non-hydrogen) atoms. The molecule has 6 heteroatoms. The molecule has 0 spiro atoms. The summed E-state index contributed by atoms with van der Waals surface area (Å²) in [5.74, 6) is 0. The van der Waals surface area contributed by atoms with Crippen LogP contribution in [0.25, 0.3) is 0 Å². The molecule has 1 aromatic heterocycles. The molecule has 0 fully saturated rings. The van der Waals surface area contributed by atoms with Gasteiger partial charge in [0.15, 0.2) is 5.69 Å². The molecule has 0 atom stereocenters. The Morgan fingerprint density at radius 3 is 2.64 bits per heavy atom. The van der Waals surface area contributed by atoms with Gasteiger partial charge in [0.05, 0.1) is 5.69 Å². The number of hydrogen-bond acceptors (Lipinski definition) is 4. The predicted octanol–water partition coefficient (Wildman–Crippen LogP) is 0.932. The van der Waals surface area contributed by atoms with Crippen LogP contribution in [0.5, 0.6) is 0 Å². The zero-order chi connectivity index (χ0) is 10.7. The van der Waals surface area contributed by atoms with E-state index < -0.39 is 6.43 Å². The van der Waals surface area contributed by atoms with Gasteiger partial charge in [0.2, 0.25) is 0 Å². The van der Waals surface area contributed by atoms with Crippen molar-refractivity contribution < 1.29 is 8.78 Å². The van der Waals surface area contributed by atoms with Gasteiger partial charge in [-0.2, -0.15) is 5.26 Å². The molecule has 0 radical (unpaired) electrons. The number of halogens is 2. The fraction of sp³-hybridized carbons (Fsp3) is 0.250. The van der Waals surface area contributed by atoms with E-state index in [1.54, 1.807) is 6.07 Å². The van der Waals surface area contributed by atoms with Crippen LogP contribution in [0.3, 0.4) is 0 Å². The van der Waals surface area contributed by atoms with Gasteiger partial charge in [-0.1, -0.05) is 0 Å². The summed E-state index contributed by atoms with van der Waals surface area (Å²) in [7, 11) is 0. The second kappa shape index (κ2) is 3.98. The molecule has 0 saturated carbocycles. The summed E-state index contributed by atoms with van der Waals surface area (Å²) in [5, 5.41) is 8.55. The summed E-state index contributed by atoms with van der Waals surface area (Å²) in [4.78, 5) is 3.50. The lowest BCUT2D eigenvalue weighted by molar-refractivity contribution is 0.150. The highest BCUT2D eigenvalue weighted by molar-refractivity contribution is 5.58. The van der Waals surface area contributed by atoms with Crippen molar-refractivity contribution in [2.24, 2.45) is 5.73 Å². The van der Waals surface area contributed by atoms with E-state index in [1.165, 1.54) is 0 Å². The first kappa shape index (κ1) is 10.3. The number of aromatic nitrogens is 1. The molecule has 1 aromatic rings. The summed E-state index contributed by atoms with van der Waals surface area (Å²) in [6.07, 6.45) is -1.75. The third kappa shape index (κ3) is 1.63. The quantitative estimate of drug-likeness (QED) is 0.739. The second-order valence-corrected chi connectivity index (χ2v) is 2.57. The molecule has 1 heterocycles. The molecule has 1 rings (SSSR count). The fourth-order valence-electron chi connectivity index (χ4n) is 1.08. The number of nitrogens with two attached hydrogens (primary N) is 2. The fourth-order valence-corrected chi connectivity index (χ4v) is 1.08. The molecule has 0 bridgehead atoms. The van der Waals surface area contributed by atoms with E-state index >= 15 is 0 Å². The van der Waals surface area contributed by atoms with Crippen molar-refractivity contribution in [3.05, 3.63) is 23.0 Å². The van der Waals surface area contributed by atoms with Crippen LogP contribution in [0.15, 0.2) is 6.20 Å². The third-order valence-corrected chi connectivity index (χ3v) is 1.81. The first-order valence-corrected chi connectivity index (χ1v) is 3.77. The van der Waals surface area contributed by atoms with Gasteiger partial charge in [-0.3, -0.25) is 0 Å². The maximum Gasteiger partial charge on any atom is 0.265 e. The largest absolute Gasteiger partial charge is 0.396 e. The van der Waals surface area contributed by atoms with Crippen molar-refractivity contribution in [2.45, 2.75) is 13.0 Å². The number of nitrogens with zero attached hydrogens (tertiary/aromatic N) is 2. The zero-order valence-corrected chi connectivity index (χ0v) is 7.17. The molecule has 0 aromatic carbocycles. The van der Waals surface area contributed by atoms with Crippen molar-refractivity contribution in [1.82, 2.24) is 4.98 Å². The van der Waals surface area contributed by atoms with Gasteiger partial charge < -0.3 is 11.5 Å². The summed E-state index contributed by atoms with van der Waals surface area (Å²) >= 11 is 0. The van der Waals surface area contributed by atoms with E-state index in [9.17, 15) is 8.78 Å². The third-order valence-electron chi connectivity index (χ3n) is 1.81. The van der Waals surface area contributed by atoms with Gasteiger partial charge in [0, 0.05) is 23.9 Å². The minimum Gasteiger partial charge on any atom is -0.396 e. The molecular weight excluding hydrogens is 190 g/mol. The molecule has 74 valence electrons. The molecule has 0 aliphatic heterocycles. The van der Waals surface area contributed by atoms with E-state index in [0.29, 0.717) is 0 Å². The van der Waals surface area contributed by atoms with Crippen molar-refractivity contribution in [3.63, 3.8) is 0 Å². The van der Waals surface area contributed by atoms with Crippen LogP contribution < -0.4 is 11.5 Å². The highest BCUT2D eigenvalue weighted by atomic mass is 19.3. The van der Waals surface area contributed by atoms with Crippen LogP contribution in [0.2, 0.25) is 0 Å². The van der Waals surface area contributed by atoms with E-state index in [0.717, 1.165) is 6.20 Å². The number of nitrogen functional groups attached to an aromatic ring is 1. The van der Waals surface area contributed by atoms with Crippen LogP contribution >= 0.6 is 0 Å². The summed E-state index contributed by atoms with van der Waals surface area (Å²) in [6.45, 7) is -0.136. The van der Waals surface area contributed by atoms with E-state index in [4.69, 9.17) is 16.7 Å². The van der Waals surface area contributed by atoms with E-state index in [1.807, 2.05) is 0 Å². The SMILES string of the molecule is N#Cc1ncc(C(F)F)c(CN)c1N.